The van der Waals surface area contributed by atoms with Crippen molar-refractivity contribution in [2.75, 3.05) is 18.8 Å². The van der Waals surface area contributed by atoms with Crippen LogP contribution >= 0.6 is 0 Å². The van der Waals surface area contributed by atoms with Gasteiger partial charge in [0.15, 0.2) is 11.6 Å². The quantitative estimate of drug-likeness (QED) is 0.450. The summed E-state index contributed by atoms with van der Waals surface area (Å²) in [5.41, 5.74) is 10.3. The summed E-state index contributed by atoms with van der Waals surface area (Å²) in [6.45, 7) is 5.89. The molecule has 0 saturated carbocycles. The lowest BCUT2D eigenvalue weighted by atomic mass is 10.1. The second kappa shape index (κ2) is 9.22. The van der Waals surface area contributed by atoms with Gasteiger partial charge in [0, 0.05) is 28.6 Å². The Bertz CT molecular complexity index is 1280. The normalized spacial score (nSPS) is 15.4. The lowest BCUT2D eigenvalue weighted by Crippen LogP contribution is -2.30. The van der Waals surface area contributed by atoms with Gasteiger partial charge in [0.2, 0.25) is 0 Å². The number of piperidine rings is 1. The Hall–Kier alpha value is -3.79. The highest BCUT2D eigenvalue weighted by Crippen LogP contribution is 2.34. The van der Waals surface area contributed by atoms with Crippen LogP contribution < -0.4 is 15.8 Å². The lowest BCUT2D eigenvalue weighted by Gasteiger charge is -2.24. The third kappa shape index (κ3) is 4.24. The van der Waals surface area contributed by atoms with E-state index < -0.39 is 6.10 Å². The summed E-state index contributed by atoms with van der Waals surface area (Å²) in [5, 5.41) is 16.4. The first kappa shape index (κ1) is 22.0. The third-order valence-electron chi connectivity index (χ3n) is 6.26. The molecule has 1 fully saturated rings. The van der Waals surface area contributed by atoms with Crippen LogP contribution in [0.15, 0.2) is 49.1 Å². The maximum Gasteiger partial charge on any atom is 0.166 e. The number of nitrogens with two attached hydrogens (primary N) is 1. The van der Waals surface area contributed by atoms with Crippen molar-refractivity contribution in [1.82, 2.24) is 35.1 Å². The smallest absolute Gasteiger partial charge is 0.166 e. The van der Waals surface area contributed by atoms with Crippen LogP contribution in [0.4, 0.5) is 10.2 Å². The van der Waals surface area contributed by atoms with Crippen molar-refractivity contribution in [3.63, 3.8) is 0 Å². The Kier molecular flexibility index (Phi) is 5.97. The van der Waals surface area contributed by atoms with Crippen LogP contribution in [0.3, 0.4) is 0 Å². The van der Waals surface area contributed by atoms with Crippen LogP contribution in [-0.4, -0.2) is 42.8 Å². The number of nitrogens with one attached hydrogen (secondary N) is 1. The number of halogens is 1. The molecule has 5 rings (SSSR count). The highest BCUT2D eigenvalue weighted by Gasteiger charge is 2.21. The molecule has 0 aliphatic carbocycles. The van der Waals surface area contributed by atoms with Gasteiger partial charge in [0.25, 0.3) is 0 Å². The number of hydrogen-bond donors (Lipinski definition) is 2. The average Bonchev–Trinajstić information content (AvgIpc) is 3.51. The average molecular weight is 463 g/mol. The highest BCUT2D eigenvalue weighted by molar-refractivity contribution is 5.68. The zero-order chi connectivity index (χ0) is 23.7. The molecule has 3 aromatic heterocycles. The van der Waals surface area contributed by atoms with E-state index in [1.165, 1.54) is 16.9 Å². The van der Waals surface area contributed by atoms with Gasteiger partial charge < -0.3 is 15.8 Å². The molecule has 1 saturated heterocycles. The molecule has 0 bridgehead atoms. The van der Waals surface area contributed by atoms with E-state index in [9.17, 15) is 4.39 Å². The predicted molar refractivity (Wildman–Crippen MR) is 126 cm³/mol. The molecule has 0 unspecified atom stereocenters. The van der Waals surface area contributed by atoms with E-state index in [-0.39, 0.29) is 11.6 Å². The summed E-state index contributed by atoms with van der Waals surface area (Å²) >= 11 is 0. The monoisotopic (exact) mass is 462 g/mol. The minimum Gasteiger partial charge on any atom is -0.482 e. The van der Waals surface area contributed by atoms with E-state index >= 15 is 0 Å². The fourth-order valence-corrected chi connectivity index (χ4v) is 4.45. The molecule has 1 atom stereocenters. The van der Waals surface area contributed by atoms with Crippen molar-refractivity contribution in [1.29, 1.82) is 0 Å². The van der Waals surface area contributed by atoms with Crippen LogP contribution in [0.25, 0.3) is 16.8 Å². The van der Waals surface area contributed by atoms with Gasteiger partial charge in [-0.1, -0.05) is 0 Å². The predicted octanol–water partition coefficient (Wildman–Crippen LogP) is 3.62. The zero-order valence-corrected chi connectivity index (χ0v) is 19.1. The van der Waals surface area contributed by atoms with E-state index in [2.05, 4.69) is 37.2 Å². The Labute approximate surface area is 196 Å². The first-order valence-corrected chi connectivity index (χ1v) is 11.3. The molecule has 1 aliphatic rings. The number of hydrogen-bond acceptors (Lipinski definition) is 7. The molecule has 176 valence electrons. The van der Waals surface area contributed by atoms with Crippen LogP contribution in [-0.2, 0) is 0 Å². The van der Waals surface area contributed by atoms with Gasteiger partial charge in [-0.2, -0.15) is 20.1 Å². The number of nitrogen functional groups attached to an aromatic ring is 1. The van der Waals surface area contributed by atoms with Gasteiger partial charge in [0.05, 0.1) is 30.3 Å². The topological polar surface area (TPSA) is 109 Å². The maximum atomic E-state index is 14.1. The Morgan fingerprint density at radius 3 is 2.65 bits per heavy atom. The molecular formula is C24H27FN8O. The van der Waals surface area contributed by atoms with Gasteiger partial charge >= 0.3 is 0 Å². The molecule has 4 heterocycles. The standard InChI is InChI=1S/C24H27FN8O/c1-15-21(14-31-32(15)19-5-7-27-8-6-19)17-11-23(24(26)28-13-17)34-16(2)20-12-18(25)3-4-22(20)33-29-9-10-30-33/h3-4,9-14,16,19,27H,5-8H2,1-2H3,(H2,26,28)/t16-/m1/s1. The van der Waals surface area contributed by atoms with Gasteiger partial charge in [-0.25, -0.2) is 9.37 Å². The van der Waals surface area contributed by atoms with E-state index in [1.807, 2.05) is 19.2 Å². The van der Waals surface area contributed by atoms with Gasteiger partial charge in [-0.3, -0.25) is 4.68 Å². The molecule has 34 heavy (non-hydrogen) atoms. The summed E-state index contributed by atoms with van der Waals surface area (Å²) in [6.07, 6.45) is 8.29. The van der Waals surface area contributed by atoms with Crippen molar-refractivity contribution >= 4 is 5.82 Å². The Morgan fingerprint density at radius 1 is 1.12 bits per heavy atom. The number of pyridine rings is 1. The van der Waals surface area contributed by atoms with E-state index in [1.54, 1.807) is 24.7 Å². The minimum atomic E-state index is -0.533. The summed E-state index contributed by atoms with van der Waals surface area (Å²) in [4.78, 5) is 5.79. The SMILES string of the molecule is Cc1c(-c2cnc(N)c(O[C@H](C)c3cc(F)ccc3-n3nccn3)c2)cnn1C1CCNCC1. The first-order valence-electron chi connectivity index (χ1n) is 11.3. The number of anilines is 1. The van der Waals surface area contributed by atoms with Crippen molar-refractivity contribution in [3.05, 3.63) is 66.1 Å². The summed E-state index contributed by atoms with van der Waals surface area (Å²) in [6, 6.07) is 6.66. The molecule has 0 spiro atoms. The second-order valence-corrected chi connectivity index (χ2v) is 8.46. The zero-order valence-electron chi connectivity index (χ0n) is 19.1. The number of rotatable bonds is 6. The van der Waals surface area contributed by atoms with Crippen LogP contribution in [0.2, 0.25) is 0 Å². The van der Waals surface area contributed by atoms with Gasteiger partial charge in [0.1, 0.15) is 11.9 Å². The second-order valence-electron chi connectivity index (χ2n) is 8.46. The lowest BCUT2D eigenvalue weighted by molar-refractivity contribution is 0.226. The summed E-state index contributed by atoms with van der Waals surface area (Å²) in [7, 11) is 0. The van der Waals surface area contributed by atoms with Crippen molar-refractivity contribution in [2.45, 2.75) is 38.8 Å². The molecular weight excluding hydrogens is 435 g/mol. The van der Waals surface area contributed by atoms with Crippen LogP contribution in [0.5, 0.6) is 5.75 Å². The number of ether oxygens (including phenoxy) is 1. The third-order valence-corrected chi connectivity index (χ3v) is 6.26. The molecule has 3 N–H and O–H groups in total. The molecule has 4 aromatic rings. The fourth-order valence-electron chi connectivity index (χ4n) is 4.45. The van der Waals surface area contributed by atoms with Crippen molar-refractivity contribution in [2.24, 2.45) is 0 Å². The fraction of sp³-hybridized carbons (Fsp3) is 0.333. The number of benzene rings is 1. The number of nitrogens with zero attached hydrogens (tertiary/aromatic N) is 6. The Morgan fingerprint density at radius 2 is 1.88 bits per heavy atom. The minimum absolute atomic E-state index is 0.258. The van der Waals surface area contributed by atoms with Crippen LogP contribution in [0.1, 0.15) is 43.2 Å². The highest BCUT2D eigenvalue weighted by atomic mass is 19.1. The largest absolute Gasteiger partial charge is 0.482 e. The van der Waals surface area contributed by atoms with Crippen molar-refractivity contribution < 1.29 is 9.13 Å². The van der Waals surface area contributed by atoms with Crippen LogP contribution in [0, 0.1) is 12.7 Å². The molecule has 10 heteroatoms. The van der Waals surface area contributed by atoms with E-state index in [0.29, 0.717) is 23.0 Å². The van der Waals surface area contributed by atoms with E-state index in [4.69, 9.17) is 10.5 Å². The molecule has 1 aliphatic heterocycles. The molecule has 1 aromatic carbocycles. The van der Waals surface area contributed by atoms with Crippen molar-refractivity contribution in [3.8, 4) is 22.6 Å². The molecule has 0 radical (unpaired) electrons. The summed E-state index contributed by atoms with van der Waals surface area (Å²) in [5.74, 6) is 0.305. The van der Waals surface area contributed by atoms with Gasteiger partial charge in [-0.05, 0) is 64.0 Å². The first-order chi connectivity index (χ1) is 16.5. The van der Waals surface area contributed by atoms with Gasteiger partial charge in [-0.15, -0.1) is 0 Å². The molecule has 0 amide bonds. The number of aromatic nitrogens is 6. The maximum absolute atomic E-state index is 14.1. The van der Waals surface area contributed by atoms with E-state index in [0.717, 1.165) is 42.8 Å². The molecule has 9 nitrogen and oxygen atoms in total. The summed E-state index contributed by atoms with van der Waals surface area (Å²) < 4.78 is 22.4. The Balaban J connectivity index is 1.44.